The summed E-state index contributed by atoms with van der Waals surface area (Å²) in [6.45, 7) is 4.48. The number of nitrogens with zero attached hydrogens (tertiary/aromatic N) is 1. The van der Waals surface area contributed by atoms with Gasteiger partial charge in [0.1, 0.15) is 17.3 Å². The SMILES string of the molecule is Cc1ccc([C@H](CNC(=O)COc2ccc(Cl)cc2)N2CCCC2)o1. The predicted octanol–water partition coefficient (Wildman–Crippen LogP) is 3.57. The van der Waals surface area contributed by atoms with E-state index >= 15 is 0 Å². The van der Waals surface area contributed by atoms with Crippen LogP contribution in [0.15, 0.2) is 40.8 Å². The summed E-state index contributed by atoms with van der Waals surface area (Å²) in [5, 5.41) is 3.60. The number of amides is 1. The Morgan fingerprint density at radius 1 is 1.24 bits per heavy atom. The molecule has 2 heterocycles. The first-order valence-electron chi connectivity index (χ1n) is 8.57. The summed E-state index contributed by atoms with van der Waals surface area (Å²) in [4.78, 5) is 14.5. The van der Waals surface area contributed by atoms with Crippen molar-refractivity contribution in [3.8, 4) is 5.75 Å². The lowest BCUT2D eigenvalue weighted by molar-refractivity contribution is -0.123. The summed E-state index contributed by atoms with van der Waals surface area (Å²) in [5.74, 6) is 2.26. The lowest BCUT2D eigenvalue weighted by Gasteiger charge is -2.26. The summed E-state index contributed by atoms with van der Waals surface area (Å²) in [7, 11) is 0. The molecule has 5 nitrogen and oxygen atoms in total. The molecule has 2 aromatic rings. The Bertz CT molecular complexity index is 693. The van der Waals surface area contributed by atoms with E-state index in [4.69, 9.17) is 20.8 Å². The molecule has 1 aromatic heterocycles. The van der Waals surface area contributed by atoms with Crippen LogP contribution in [0.2, 0.25) is 5.02 Å². The molecule has 1 saturated heterocycles. The van der Waals surface area contributed by atoms with Crippen LogP contribution in [0.25, 0.3) is 0 Å². The Labute approximate surface area is 152 Å². The number of aryl methyl sites for hydroxylation is 1. The summed E-state index contributed by atoms with van der Waals surface area (Å²) in [5.41, 5.74) is 0. The largest absolute Gasteiger partial charge is 0.484 e. The quantitative estimate of drug-likeness (QED) is 0.818. The minimum Gasteiger partial charge on any atom is -0.484 e. The van der Waals surface area contributed by atoms with Crippen LogP contribution in [0.3, 0.4) is 0 Å². The van der Waals surface area contributed by atoms with E-state index in [1.54, 1.807) is 24.3 Å². The molecule has 3 rings (SSSR count). The lowest BCUT2D eigenvalue weighted by atomic mass is 10.2. The molecule has 0 aliphatic carbocycles. The van der Waals surface area contributed by atoms with E-state index in [1.165, 1.54) is 12.8 Å². The second-order valence-corrected chi connectivity index (χ2v) is 6.69. The molecular weight excluding hydrogens is 340 g/mol. The van der Waals surface area contributed by atoms with E-state index in [9.17, 15) is 4.79 Å². The number of ether oxygens (including phenoxy) is 1. The molecule has 0 bridgehead atoms. The van der Waals surface area contributed by atoms with Crippen LogP contribution in [0.1, 0.15) is 30.4 Å². The van der Waals surface area contributed by atoms with Gasteiger partial charge in [-0.25, -0.2) is 0 Å². The third-order valence-electron chi connectivity index (χ3n) is 4.35. The Hall–Kier alpha value is -1.98. The van der Waals surface area contributed by atoms with Crippen LogP contribution in [-0.4, -0.2) is 37.0 Å². The highest BCUT2D eigenvalue weighted by atomic mass is 35.5. The van der Waals surface area contributed by atoms with E-state index in [-0.39, 0.29) is 18.6 Å². The average Bonchev–Trinajstić information content (AvgIpc) is 3.27. The normalized spacial score (nSPS) is 15.9. The molecule has 134 valence electrons. The van der Waals surface area contributed by atoms with Crippen LogP contribution in [0, 0.1) is 6.92 Å². The molecule has 0 radical (unpaired) electrons. The molecule has 1 N–H and O–H groups in total. The fraction of sp³-hybridized carbons (Fsp3) is 0.421. The van der Waals surface area contributed by atoms with Crippen molar-refractivity contribution in [1.29, 1.82) is 0 Å². The van der Waals surface area contributed by atoms with Gasteiger partial charge in [-0.3, -0.25) is 9.69 Å². The van der Waals surface area contributed by atoms with Gasteiger partial charge in [-0.1, -0.05) is 11.6 Å². The highest BCUT2D eigenvalue weighted by Crippen LogP contribution is 2.26. The Morgan fingerprint density at radius 3 is 2.60 bits per heavy atom. The maximum Gasteiger partial charge on any atom is 0.258 e. The van der Waals surface area contributed by atoms with Crippen molar-refractivity contribution in [2.24, 2.45) is 0 Å². The summed E-state index contributed by atoms with van der Waals surface area (Å²) in [6, 6.07) is 11.0. The minimum atomic E-state index is -0.151. The number of benzene rings is 1. The molecule has 1 amide bonds. The number of carbonyl (C=O) groups is 1. The van der Waals surface area contributed by atoms with Crippen molar-refractivity contribution in [1.82, 2.24) is 10.2 Å². The molecule has 0 unspecified atom stereocenters. The molecule has 1 aromatic carbocycles. The Kier molecular flexibility index (Phi) is 6.00. The molecule has 0 spiro atoms. The van der Waals surface area contributed by atoms with Crippen LogP contribution in [0.4, 0.5) is 0 Å². The van der Waals surface area contributed by atoms with Gasteiger partial charge in [0, 0.05) is 11.6 Å². The molecular formula is C19H23ClN2O3. The molecule has 1 aliphatic heterocycles. The third-order valence-corrected chi connectivity index (χ3v) is 4.60. The first-order chi connectivity index (χ1) is 12.1. The van der Waals surface area contributed by atoms with Crippen molar-refractivity contribution >= 4 is 17.5 Å². The smallest absolute Gasteiger partial charge is 0.258 e. The van der Waals surface area contributed by atoms with Gasteiger partial charge in [-0.05, 0) is 69.3 Å². The zero-order chi connectivity index (χ0) is 17.6. The molecule has 0 saturated carbocycles. The van der Waals surface area contributed by atoms with Gasteiger partial charge in [0.25, 0.3) is 5.91 Å². The average molecular weight is 363 g/mol. The van der Waals surface area contributed by atoms with Crippen LogP contribution in [0.5, 0.6) is 5.75 Å². The van der Waals surface area contributed by atoms with E-state index in [1.807, 2.05) is 19.1 Å². The zero-order valence-corrected chi connectivity index (χ0v) is 15.1. The summed E-state index contributed by atoms with van der Waals surface area (Å²) in [6.07, 6.45) is 2.37. The van der Waals surface area contributed by atoms with E-state index in [0.29, 0.717) is 17.3 Å². The number of nitrogens with one attached hydrogen (secondary N) is 1. The Balaban J connectivity index is 1.53. The second kappa shape index (κ2) is 8.41. The standard InChI is InChI=1S/C19H23ClN2O3/c1-14-4-9-18(25-14)17(22-10-2-3-11-22)12-21-19(23)13-24-16-7-5-15(20)6-8-16/h4-9,17H,2-3,10-13H2,1H3,(H,21,23)/t17-/m0/s1. The van der Waals surface area contributed by atoms with Crippen molar-refractivity contribution in [3.05, 3.63) is 52.9 Å². The number of likely N-dealkylation sites (tertiary alicyclic amines) is 1. The van der Waals surface area contributed by atoms with Gasteiger partial charge in [0.2, 0.25) is 0 Å². The third kappa shape index (κ3) is 5.00. The Morgan fingerprint density at radius 2 is 1.96 bits per heavy atom. The molecule has 1 fully saturated rings. The number of hydrogen-bond donors (Lipinski definition) is 1. The van der Waals surface area contributed by atoms with Crippen molar-refractivity contribution < 1.29 is 13.9 Å². The predicted molar refractivity (Wildman–Crippen MR) is 96.9 cm³/mol. The number of halogens is 1. The molecule has 1 atom stereocenters. The maximum atomic E-state index is 12.1. The number of carbonyl (C=O) groups excluding carboxylic acids is 1. The van der Waals surface area contributed by atoms with Crippen molar-refractivity contribution in [3.63, 3.8) is 0 Å². The summed E-state index contributed by atoms with van der Waals surface area (Å²) >= 11 is 5.83. The second-order valence-electron chi connectivity index (χ2n) is 6.25. The number of rotatable bonds is 7. The van der Waals surface area contributed by atoms with Gasteiger partial charge in [-0.15, -0.1) is 0 Å². The monoisotopic (exact) mass is 362 g/mol. The minimum absolute atomic E-state index is 0.0223. The highest BCUT2D eigenvalue weighted by molar-refractivity contribution is 6.30. The molecule has 6 heteroatoms. The van der Waals surface area contributed by atoms with Gasteiger partial charge < -0.3 is 14.5 Å². The maximum absolute atomic E-state index is 12.1. The highest BCUT2D eigenvalue weighted by Gasteiger charge is 2.26. The van der Waals surface area contributed by atoms with Crippen molar-refractivity contribution in [2.75, 3.05) is 26.2 Å². The fourth-order valence-electron chi connectivity index (χ4n) is 3.04. The van der Waals surface area contributed by atoms with Gasteiger partial charge in [0.15, 0.2) is 6.61 Å². The van der Waals surface area contributed by atoms with Gasteiger partial charge >= 0.3 is 0 Å². The van der Waals surface area contributed by atoms with Gasteiger partial charge in [-0.2, -0.15) is 0 Å². The number of hydrogen-bond acceptors (Lipinski definition) is 4. The summed E-state index contributed by atoms with van der Waals surface area (Å²) < 4.78 is 11.3. The van der Waals surface area contributed by atoms with E-state index in [2.05, 4.69) is 10.2 Å². The van der Waals surface area contributed by atoms with E-state index < -0.39 is 0 Å². The van der Waals surface area contributed by atoms with Crippen molar-refractivity contribution in [2.45, 2.75) is 25.8 Å². The van der Waals surface area contributed by atoms with Gasteiger partial charge in [0.05, 0.1) is 6.04 Å². The lowest BCUT2D eigenvalue weighted by Crippen LogP contribution is -2.38. The first kappa shape index (κ1) is 17.8. The fourth-order valence-corrected chi connectivity index (χ4v) is 3.16. The molecule has 25 heavy (non-hydrogen) atoms. The number of furan rings is 1. The van der Waals surface area contributed by atoms with Crippen LogP contribution >= 0.6 is 11.6 Å². The molecule has 1 aliphatic rings. The van der Waals surface area contributed by atoms with Crippen LogP contribution < -0.4 is 10.1 Å². The topological polar surface area (TPSA) is 54.7 Å². The first-order valence-corrected chi connectivity index (χ1v) is 8.95. The van der Waals surface area contributed by atoms with Crippen LogP contribution in [-0.2, 0) is 4.79 Å². The van der Waals surface area contributed by atoms with E-state index in [0.717, 1.165) is 24.6 Å². The zero-order valence-electron chi connectivity index (χ0n) is 14.3.